The van der Waals surface area contributed by atoms with Crippen molar-refractivity contribution >= 4 is 33.0 Å². The molecule has 0 saturated heterocycles. The van der Waals surface area contributed by atoms with Gasteiger partial charge in [-0.1, -0.05) is 35.9 Å². The number of nitrogens with two attached hydrogens (primary N) is 1. The zero-order chi connectivity index (χ0) is 15.5. The van der Waals surface area contributed by atoms with E-state index >= 15 is 0 Å². The van der Waals surface area contributed by atoms with Gasteiger partial charge in [-0.3, -0.25) is 0 Å². The Bertz CT molecular complexity index is 713. The lowest BCUT2D eigenvalue weighted by molar-refractivity contribution is 0.567. The minimum absolute atomic E-state index is 0.0652. The summed E-state index contributed by atoms with van der Waals surface area (Å²) >= 11 is 7.24. The normalized spacial score (nSPS) is 13.3. The van der Waals surface area contributed by atoms with Crippen molar-refractivity contribution in [3.8, 4) is 0 Å². The van der Waals surface area contributed by atoms with Gasteiger partial charge in [-0.2, -0.15) is 0 Å². The van der Waals surface area contributed by atoms with Crippen molar-refractivity contribution in [1.29, 1.82) is 0 Å². The SMILES string of the molecule is CC(NS(=O)(=O)Cc1cccc(CN)c1)c1ccc(Cl)s1. The van der Waals surface area contributed by atoms with Gasteiger partial charge in [-0.25, -0.2) is 13.1 Å². The first kappa shape index (κ1) is 16.5. The molecule has 0 aliphatic heterocycles. The molecule has 0 bridgehead atoms. The highest BCUT2D eigenvalue weighted by Crippen LogP contribution is 2.27. The number of hydrogen-bond acceptors (Lipinski definition) is 4. The van der Waals surface area contributed by atoms with E-state index in [9.17, 15) is 8.42 Å². The van der Waals surface area contributed by atoms with E-state index in [1.165, 1.54) is 11.3 Å². The Morgan fingerprint density at radius 2 is 2.00 bits per heavy atom. The van der Waals surface area contributed by atoms with Crippen LogP contribution in [0.15, 0.2) is 36.4 Å². The maximum absolute atomic E-state index is 12.2. The molecule has 1 atom stereocenters. The van der Waals surface area contributed by atoms with Gasteiger partial charge in [0, 0.05) is 11.4 Å². The zero-order valence-electron chi connectivity index (χ0n) is 11.5. The van der Waals surface area contributed by atoms with Crippen molar-refractivity contribution < 1.29 is 8.42 Å². The van der Waals surface area contributed by atoms with Gasteiger partial charge in [-0.15, -0.1) is 11.3 Å². The summed E-state index contributed by atoms with van der Waals surface area (Å²) in [5.41, 5.74) is 7.21. The van der Waals surface area contributed by atoms with E-state index in [0.29, 0.717) is 10.9 Å². The topological polar surface area (TPSA) is 72.2 Å². The molecule has 3 N–H and O–H groups in total. The van der Waals surface area contributed by atoms with Crippen molar-refractivity contribution in [2.24, 2.45) is 5.73 Å². The number of nitrogens with one attached hydrogen (secondary N) is 1. The maximum Gasteiger partial charge on any atom is 0.216 e. The molecule has 21 heavy (non-hydrogen) atoms. The molecule has 7 heteroatoms. The van der Waals surface area contributed by atoms with Crippen LogP contribution in [0.25, 0.3) is 0 Å². The number of thiophene rings is 1. The third-order valence-corrected chi connectivity index (χ3v) is 5.80. The summed E-state index contributed by atoms with van der Waals surface area (Å²) < 4.78 is 27.7. The van der Waals surface area contributed by atoms with Crippen LogP contribution in [0.1, 0.15) is 29.0 Å². The van der Waals surface area contributed by atoms with Gasteiger partial charge in [0.05, 0.1) is 16.1 Å². The van der Waals surface area contributed by atoms with Gasteiger partial charge in [0.15, 0.2) is 0 Å². The van der Waals surface area contributed by atoms with E-state index in [4.69, 9.17) is 17.3 Å². The number of sulfonamides is 1. The molecule has 0 aliphatic carbocycles. The van der Waals surface area contributed by atoms with E-state index in [1.54, 1.807) is 19.1 Å². The molecule has 4 nitrogen and oxygen atoms in total. The van der Waals surface area contributed by atoms with Crippen LogP contribution in [0.5, 0.6) is 0 Å². The summed E-state index contributed by atoms with van der Waals surface area (Å²) in [4.78, 5) is 0.888. The van der Waals surface area contributed by atoms with Gasteiger partial charge >= 0.3 is 0 Å². The number of benzene rings is 1. The predicted molar refractivity (Wildman–Crippen MR) is 87.8 cm³/mol. The lowest BCUT2D eigenvalue weighted by Crippen LogP contribution is -2.27. The Labute approximate surface area is 134 Å². The molecule has 114 valence electrons. The molecule has 0 radical (unpaired) electrons. The molecule has 0 amide bonds. The van der Waals surface area contributed by atoms with E-state index in [1.807, 2.05) is 24.3 Å². The monoisotopic (exact) mass is 344 g/mol. The minimum Gasteiger partial charge on any atom is -0.326 e. The average molecular weight is 345 g/mol. The highest BCUT2D eigenvalue weighted by molar-refractivity contribution is 7.88. The second-order valence-corrected chi connectivity index (χ2v) is 8.27. The zero-order valence-corrected chi connectivity index (χ0v) is 13.9. The maximum atomic E-state index is 12.2. The van der Waals surface area contributed by atoms with Gasteiger partial charge in [0.1, 0.15) is 0 Å². The third-order valence-electron chi connectivity index (χ3n) is 2.96. The van der Waals surface area contributed by atoms with Gasteiger partial charge in [0.25, 0.3) is 0 Å². The summed E-state index contributed by atoms with van der Waals surface area (Å²) in [7, 11) is -3.42. The second kappa shape index (κ2) is 6.89. The average Bonchev–Trinajstić information content (AvgIpc) is 2.84. The van der Waals surface area contributed by atoms with Crippen molar-refractivity contribution in [3.05, 3.63) is 56.7 Å². The fraction of sp³-hybridized carbons (Fsp3) is 0.286. The highest BCUT2D eigenvalue weighted by Gasteiger charge is 2.17. The first-order valence-electron chi connectivity index (χ1n) is 6.43. The van der Waals surface area contributed by atoms with Crippen molar-refractivity contribution in [2.75, 3.05) is 0 Å². The number of rotatable bonds is 6. The molecule has 0 aliphatic rings. The van der Waals surface area contributed by atoms with Gasteiger partial charge < -0.3 is 5.73 Å². The molecular formula is C14H17ClN2O2S2. The van der Waals surface area contributed by atoms with Crippen molar-refractivity contribution in [3.63, 3.8) is 0 Å². The van der Waals surface area contributed by atoms with Crippen molar-refractivity contribution in [1.82, 2.24) is 4.72 Å². The van der Waals surface area contributed by atoms with Crippen molar-refractivity contribution in [2.45, 2.75) is 25.3 Å². The van der Waals surface area contributed by atoms with Crippen LogP contribution < -0.4 is 10.5 Å². The third kappa shape index (κ3) is 4.79. The summed E-state index contributed by atoms with van der Waals surface area (Å²) in [5, 5.41) is 0. The van der Waals surface area contributed by atoms with Gasteiger partial charge in [-0.05, 0) is 30.2 Å². The van der Waals surface area contributed by atoms with Gasteiger partial charge in [0.2, 0.25) is 10.0 Å². The number of hydrogen-bond donors (Lipinski definition) is 2. The summed E-state index contributed by atoms with van der Waals surface area (Å²) in [6.07, 6.45) is 0. The fourth-order valence-corrected chi connectivity index (χ4v) is 4.50. The summed E-state index contributed by atoms with van der Waals surface area (Å²) in [6.45, 7) is 2.20. The lowest BCUT2D eigenvalue weighted by atomic mass is 10.1. The Hall–Kier alpha value is -0.920. The quantitative estimate of drug-likeness (QED) is 0.846. The highest BCUT2D eigenvalue weighted by atomic mass is 35.5. The van der Waals surface area contributed by atoms with Crippen LogP contribution in [0, 0.1) is 0 Å². The van der Waals surface area contributed by atoms with E-state index < -0.39 is 10.0 Å². The molecule has 2 rings (SSSR count). The van der Waals surface area contributed by atoms with E-state index in [2.05, 4.69) is 4.72 Å². The predicted octanol–water partition coefficient (Wildman–Crippen LogP) is 3.04. The largest absolute Gasteiger partial charge is 0.326 e. The van der Waals surface area contributed by atoms with Crippen LogP contribution in [0.2, 0.25) is 4.34 Å². The molecular weight excluding hydrogens is 328 g/mol. The second-order valence-electron chi connectivity index (χ2n) is 4.76. The molecule has 1 aromatic carbocycles. The summed E-state index contributed by atoms with van der Waals surface area (Å²) in [5.74, 6) is -0.0652. The standard InChI is InChI=1S/C14H17ClN2O2S2/c1-10(13-5-6-14(15)20-13)17-21(18,19)9-12-4-2-3-11(7-12)8-16/h2-7,10,17H,8-9,16H2,1H3. The first-order valence-corrected chi connectivity index (χ1v) is 9.27. The summed E-state index contributed by atoms with van der Waals surface area (Å²) in [6, 6.07) is 10.6. The molecule has 0 saturated carbocycles. The lowest BCUT2D eigenvalue weighted by Gasteiger charge is -2.13. The number of halogens is 1. The Kier molecular flexibility index (Phi) is 5.40. The van der Waals surface area contributed by atoms with Crippen LogP contribution in [-0.4, -0.2) is 8.42 Å². The first-order chi connectivity index (χ1) is 9.89. The molecule has 2 aromatic rings. The Morgan fingerprint density at radius 1 is 1.29 bits per heavy atom. The Balaban J connectivity index is 2.07. The molecule has 0 spiro atoms. The van der Waals surface area contributed by atoms with Crippen LogP contribution in [0.3, 0.4) is 0 Å². The van der Waals surface area contributed by atoms with Crippen LogP contribution in [-0.2, 0) is 22.3 Å². The smallest absolute Gasteiger partial charge is 0.216 e. The molecule has 0 fully saturated rings. The van der Waals surface area contributed by atoms with Crippen LogP contribution >= 0.6 is 22.9 Å². The molecule has 1 heterocycles. The fourth-order valence-electron chi connectivity index (χ4n) is 2.00. The minimum atomic E-state index is -3.42. The van der Waals surface area contributed by atoms with E-state index in [0.717, 1.165) is 16.0 Å². The van der Waals surface area contributed by atoms with E-state index in [-0.39, 0.29) is 11.8 Å². The Morgan fingerprint density at radius 3 is 2.62 bits per heavy atom. The molecule has 1 unspecified atom stereocenters. The van der Waals surface area contributed by atoms with Crippen LogP contribution in [0.4, 0.5) is 0 Å². The molecule has 1 aromatic heterocycles.